The number of benzene rings is 2. The van der Waals surface area contributed by atoms with Gasteiger partial charge in [0.15, 0.2) is 6.61 Å². The number of aryl methyl sites for hydroxylation is 1. The third kappa shape index (κ3) is 4.13. The summed E-state index contributed by atoms with van der Waals surface area (Å²) < 4.78 is 58.7. The smallest absolute Gasteiger partial charge is 0.422 e. The normalized spacial score (nSPS) is 11.9. The summed E-state index contributed by atoms with van der Waals surface area (Å²) in [4.78, 5) is 4.50. The molecule has 0 unspecified atom stereocenters. The van der Waals surface area contributed by atoms with Crippen LogP contribution < -0.4 is 10.1 Å². The lowest BCUT2D eigenvalue weighted by Crippen LogP contribution is -2.19. The van der Waals surface area contributed by atoms with Gasteiger partial charge in [0.1, 0.15) is 22.9 Å². The molecule has 0 bridgehead atoms. The molecule has 0 aliphatic heterocycles. The van der Waals surface area contributed by atoms with Crippen LogP contribution in [0.2, 0.25) is 0 Å². The number of nitrogens with one attached hydrogen (secondary N) is 1. The lowest BCUT2D eigenvalue weighted by Gasteiger charge is -2.16. The van der Waals surface area contributed by atoms with Crippen LogP contribution in [-0.2, 0) is 0 Å². The summed E-state index contributed by atoms with van der Waals surface area (Å²) in [5.74, 6) is 0.0304. The number of nitrogens with zero attached hydrogens (tertiary/aromatic N) is 2. The second-order valence-corrected chi connectivity index (χ2v) is 7.05. The molecule has 4 aromatic rings. The van der Waals surface area contributed by atoms with Crippen molar-refractivity contribution in [1.29, 1.82) is 0 Å². The fourth-order valence-corrected chi connectivity index (χ4v) is 3.57. The number of fused-ring (bicyclic) bond motifs is 3. The molecule has 0 aliphatic rings. The maximum absolute atomic E-state index is 13.6. The number of pyridine rings is 1. The number of anilines is 1. The maximum Gasteiger partial charge on any atom is 0.422 e. The van der Waals surface area contributed by atoms with E-state index in [4.69, 9.17) is 4.74 Å². The molecule has 31 heavy (non-hydrogen) atoms. The van der Waals surface area contributed by atoms with Gasteiger partial charge in [-0.3, -0.25) is 0 Å². The highest BCUT2D eigenvalue weighted by atomic mass is 19.4. The molecule has 0 spiro atoms. The van der Waals surface area contributed by atoms with Crippen LogP contribution >= 0.6 is 0 Å². The van der Waals surface area contributed by atoms with E-state index in [-0.39, 0.29) is 30.2 Å². The standard InChI is InChI=1S/C22H19F4N3O2/c1-13-11-14(23)5-6-17(13)29-9-7-16-20(29)15-3-2-4-18(31-12-22(24,25)26)19(15)28-21(16)27-8-10-30/h2-7,9,11,30H,8,10,12H2,1H3,(H,27,28). The first-order valence-electron chi connectivity index (χ1n) is 9.53. The summed E-state index contributed by atoms with van der Waals surface area (Å²) >= 11 is 0. The number of aromatic nitrogens is 2. The van der Waals surface area contributed by atoms with E-state index in [2.05, 4.69) is 10.3 Å². The molecule has 0 aliphatic carbocycles. The molecular weight excluding hydrogens is 414 g/mol. The quantitative estimate of drug-likeness (QED) is 0.422. The largest absolute Gasteiger partial charge is 0.482 e. The second kappa shape index (κ2) is 8.07. The van der Waals surface area contributed by atoms with E-state index in [0.29, 0.717) is 27.7 Å². The molecule has 2 N–H and O–H groups in total. The number of hydrogen-bond donors (Lipinski definition) is 2. The topological polar surface area (TPSA) is 59.3 Å². The zero-order valence-corrected chi connectivity index (χ0v) is 16.5. The van der Waals surface area contributed by atoms with Crippen LogP contribution in [0.25, 0.3) is 27.5 Å². The van der Waals surface area contributed by atoms with E-state index in [9.17, 15) is 22.7 Å². The van der Waals surface area contributed by atoms with Crippen molar-refractivity contribution in [3.63, 3.8) is 0 Å². The molecule has 0 atom stereocenters. The van der Waals surface area contributed by atoms with Crippen molar-refractivity contribution in [2.24, 2.45) is 0 Å². The van der Waals surface area contributed by atoms with Crippen LogP contribution in [0.3, 0.4) is 0 Å². The molecule has 0 radical (unpaired) electrons. The summed E-state index contributed by atoms with van der Waals surface area (Å²) in [6, 6.07) is 11.0. The van der Waals surface area contributed by atoms with E-state index in [1.807, 2.05) is 10.6 Å². The molecule has 162 valence electrons. The van der Waals surface area contributed by atoms with Gasteiger partial charge in [0.2, 0.25) is 0 Å². The number of aliphatic hydroxyl groups is 1. The van der Waals surface area contributed by atoms with Gasteiger partial charge >= 0.3 is 6.18 Å². The molecule has 0 saturated carbocycles. The van der Waals surface area contributed by atoms with E-state index >= 15 is 0 Å². The highest BCUT2D eigenvalue weighted by Crippen LogP contribution is 2.36. The first-order valence-corrected chi connectivity index (χ1v) is 9.53. The Labute approximate surface area is 174 Å². The lowest BCUT2D eigenvalue weighted by atomic mass is 10.1. The van der Waals surface area contributed by atoms with Crippen molar-refractivity contribution in [1.82, 2.24) is 9.55 Å². The lowest BCUT2D eigenvalue weighted by molar-refractivity contribution is -0.153. The predicted molar refractivity (Wildman–Crippen MR) is 110 cm³/mol. The number of para-hydroxylation sites is 1. The summed E-state index contributed by atoms with van der Waals surface area (Å²) in [5, 5.41) is 13.5. The third-order valence-corrected chi connectivity index (χ3v) is 4.83. The highest BCUT2D eigenvalue weighted by molar-refractivity contribution is 6.10. The summed E-state index contributed by atoms with van der Waals surface area (Å²) in [5.41, 5.74) is 2.34. The van der Waals surface area contributed by atoms with Gasteiger partial charge in [0.25, 0.3) is 0 Å². The van der Waals surface area contributed by atoms with Gasteiger partial charge in [0.05, 0.1) is 12.1 Å². The van der Waals surface area contributed by atoms with Crippen LogP contribution in [0.5, 0.6) is 5.75 Å². The summed E-state index contributed by atoms with van der Waals surface area (Å²) in [6.45, 7) is 0.394. The molecule has 9 heteroatoms. The van der Waals surface area contributed by atoms with Gasteiger partial charge in [0, 0.05) is 29.2 Å². The number of halogens is 4. The molecule has 0 saturated heterocycles. The number of ether oxygens (including phenoxy) is 1. The van der Waals surface area contributed by atoms with Crippen LogP contribution in [0, 0.1) is 12.7 Å². The molecule has 0 amide bonds. The van der Waals surface area contributed by atoms with Crippen molar-refractivity contribution in [2.75, 3.05) is 25.1 Å². The maximum atomic E-state index is 13.6. The van der Waals surface area contributed by atoms with Gasteiger partial charge < -0.3 is 19.7 Å². The van der Waals surface area contributed by atoms with Crippen LogP contribution in [0.4, 0.5) is 23.4 Å². The SMILES string of the molecule is Cc1cc(F)ccc1-n1ccc2c(NCCO)nc3c(OCC(F)(F)F)cccc3c21. The summed E-state index contributed by atoms with van der Waals surface area (Å²) in [7, 11) is 0. The zero-order chi connectivity index (χ0) is 22.2. The average molecular weight is 433 g/mol. The minimum Gasteiger partial charge on any atom is -0.482 e. The van der Waals surface area contributed by atoms with Gasteiger partial charge in [-0.1, -0.05) is 12.1 Å². The van der Waals surface area contributed by atoms with Crippen LogP contribution in [0.15, 0.2) is 48.7 Å². The minimum atomic E-state index is -4.49. The third-order valence-electron chi connectivity index (χ3n) is 4.83. The molecule has 2 heterocycles. The van der Waals surface area contributed by atoms with Crippen molar-refractivity contribution < 1.29 is 27.4 Å². The Morgan fingerprint density at radius 2 is 1.94 bits per heavy atom. The minimum absolute atomic E-state index is 0.00708. The fourth-order valence-electron chi connectivity index (χ4n) is 3.57. The van der Waals surface area contributed by atoms with Gasteiger partial charge in [-0.2, -0.15) is 13.2 Å². The zero-order valence-electron chi connectivity index (χ0n) is 16.5. The van der Waals surface area contributed by atoms with E-state index in [1.54, 1.807) is 31.3 Å². The first kappa shape index (κ1) is 20.9. The Kier molecular flexibility index (Phi) is 5.45. The van der Waals surface area contributed by atoms with Gasteiger partial charge in [-0.15, -0.1) is 0 Å². The molecule has 2 aromatic heterocycles. The van der Waals surface area contributed by atoms with E-state index in [0.717, 1.165) is 5.69 Å². The number of aliphatic hydroxyl groups excluding tert-OH is 1. The monoisotopic (exact) mass is 433 g/mol. The first-order chi connectivity index (χ1) is 14.8. The van der Waals surface area contributed by atoms with Crippen molar-refractivity contribution in [2.45, 2.75) is 13.1 Å². The second-order valence-electron chi connectivity index (χ2n) is 7.05. The Bertz CT molecular complexity index is 1250. The predicted octanol–water partition coefficient (Wildman–Crippen LogP) is 4.97. The number of rotatable bonds is 6. The van der Waals surface area contributed by atoms with Crippen molar-refractivity contribution in [3.8, 4) is 11.4 Å². The van der Waals surface area contributed by atoms with E-state index in [1.165, 1.54) is 18.2 Å². The summed E-state index contributed by atoms with van der Waals surface area (Å²) in [6.07, 6.45) is -2.70. The number of hydrogen-bond acceptors (Lipinski definition) is 4. The molecule has 0 fully saturated rings. The molecule has 5 nitrogen and oxygen atoms in total. The fraction of sp³-hybridized carbons (Fsp3) is 0.227. The van der Waals surface area contributed by atoms with Crippen LogP contribution in [-0.4, -0.2) is 40.6 Å². The van der Waals surface area contributed by atoms with Crippen molar-refractivity contribution in [3.05, 3.63) is 60.0 Å². The molecule has 2 aromatic carbocycles. The van der Waals surface area contributed by atoms with Gasteiger partial charge in [-0.05, 0) is 42.8 Å². The average Bonchev–Trinajstić information content (AvgIpc) is 3.15. The van der Waals surface area contributed by atoms with E-state index < -0.39 is 12.8 Å². The Morgan fingerprint density at radius 1 is 1.13 bits per heavy atom. The Morgan fingerprint density at radius 3 is 2.65 bits per heavy atom. The van der Waals surface area contributed by atoms with Gasteiger partial charge in [-0.25, -0.2) is 9.37 Å². The van der Waals surface area contributed by atoms with Crippen molar-refractivity contribution >= 4 is 27.6 Å². The molecular formula is C22H19F4N3O2. The Hall–Kier alpha value is -3.33. The molecule has 4 rings (SSSR count). The van der Waals surface area contributed by atoms with Crippen LogP contribution in [0.1, 0.15) is 5.56 Å². The number of alkyl halides is 3. The highest BCUT2D eigenvalue weighted by Gasteiger charge is 2.29. The Balaban J connectivity index is 1.98.